The number of hydrogen-bond acceptors (Lipinski definition) is 4. The number of carbonyl (C=O) groups excluding carboxylic acids is 1. The van der Waals surface area contributed by atoms with E-state index in [1.807, 2.05) is 13.0 Å². The molecular formula is C18H21FN4O. The van der Waals surface area contributed by atoms with Gasteiger partial charge in [0.15, 0.2) is 0 Å². The molecule has 1 atom stereocenters. The third kappa shape index (κ3) is 4.07. The number of halogens is 1. The molecule has 0 spiro atoms. The van der Waals surface area contributed by atoms with Crippen molar-refractivity contribution < 1.29 is 9.18 Å². The number of rotatable bonds is 4. The summed E-state index contributed by atoms with van der Waals surface area (Å²) in [5, 5.41) is 2.91. The number of nitrogens with one attached hydrogen (secondary N) is 1. The minimum Gasteiger partial charge on any atom is -0.352 e. The Morgan fingerprint density at radius 1 is 1.42 bits per heavy atom. The van der Waals surface area contributed by atoms with E-state index in [0.29, 0.717) is 19.0 Å². The van der Waals surface area contributed by atoms with Gasteiger partial charge in [0, 0.05) is 31.5 Å². The van der Waals surface area contributed by atoms with Crippen molar-refractivity contribution in [2.45, 2.75) is 26.3 Å². The van der Waals surface area contributed by atoms with E-state index in [2.05, 4.69) is 20.2 Å². The van der Waals surface area contributed by atoms with Crippen molar-refractivity contribution in [2.24, 2.45) is 5.92 Å². The lowest BCUT2D eigenvalue weighted by Gasteiger charge is -2.32. The Morgan fingerprint density at radius 3 is 3.08 bits per heavy atom. The van der Waals surface area contributed by atoms with Crippen LogP contribution in [0.5, 0.6) is 0 Å². The Labute approximate surface area is 140 Å². The number of nitrogens with zero attached hydrogens (tertiary/aromatic N) is 3. The summed E-state index contributed by atoms with van der Waals surface area (Å²) in [5.74, 6) is 0.285. The lowest BCUT2D eigenvalue weighted by molar-refractivity contribution is -0.125. The molecule has 126 valence electrons. The van der Waals surface area contributed by atoms with Crippen molar-refractivity contribution in [1.82, 2.24) is 15.3 Å². The molecule has 5 nitrogen and oxygen atoms in total. The van der Waals surface area contributed by atoms with Crippen molar-refractivity contribution in [3.63, 3.8) is 0 Å². The maximum Gasteiger partial charge on any atom is 0.225 e. The number of carbonyl (C=O) groups is 1. The van der Waals surface area contributed by atoms with Gasteiger partial charge >= 0.3 is 0 Å². The van der Waals surface area contributed by atoms with Crippen LogP contribution in [0.1, 0.15) is 24.1 Å². The number of piperidine rings is 1. The molecule has 1 N–H and O–H groups in total. The molecule has 24 heavy (non-hydrogen) atoms. The topological polar surface area (TPSA) is 58.1 Å². The van der Waals surface area contributed by atoms with Gasteiger partial charge in [0.2, 0.25) is 11.9 Å². The summed E-state index contributed by atoms with van der Waals surface area (Å²) in [7, 11) is 0. The summed E-state index contributed by atoms with van der Waals surface area (Å²) in [6, 6.07) is 8.14. The lowest BCUT2D eigenvalue weighted by Crippen LogP contribution is -2.43. The van der Waals surface area contributed by atoms with Gasteiger partial charge in [-0.3, -0.25) is 4.79 Å². The van der Waals surface area contributed by atoms with Crippen LogP contribution in [0.2, 0.25) is 0 Å². The zero-order chi connectivity index (χ0) is 16.9. The van der Waals surface area contributed by atoms with Gasteiger partial charge in [-0.1, -0.05) is 12.1 Å². The number of aryl methyl sites for hydroxylation is 1. The van der Waals surface area contributed by atoms with E-state index in [1.54, 1.807) is 18.3 Å². The van der Waals surface area contributed by atoms with Crippen LogP contribution in [0, 0.1) is 18.7 Å². The summed E-state index contributed by atoms with van der Waals surface area (Å²) in [6.45, 7) is 3.74. The van der Waals surface area contributed by atoms with Gasteiger partial charge in [0.25, 0.3) is 0 Å². The third-order valence-corrected chi connectivity index (χ3v) is 4.21. The van der Waals surface area contributed by atoms with E-state index in [-0.39, 0.29) is 17.6 Å². The van der Waals surface area contributed by atoms with Crippen LogP contribution in [-0.2, 0) is 11.3 Å². The Hall–Kier alpha value is -2.50. The van der Waals surface area contributed by atoms with Crippen LogP contribution in [-0.4, -0.2) is 29.0 Å². The number of amides is 1. The molecule has 1 fully saturated rings. The quantitative estimate of drug-likeness (QED) is 0.937. The molecule has 1 aliphatic heterocycles. The number of hydrogen-bond donors (Lipinski definition) is 1. The van der Waals surface area contributed by atoms with Crippen LogP contribution in [0.25, 0.3) is 0 Å². The first-order chi connectivity index (χ1) is 11.6. The Kier molecular flexibility index (Phi) is 5.03. The predicted octanol–water partition coefficient (Wildman–Crippen LogP) is 2.46. The van der Waals surface area contributed by atoms with E-state index < -0.39 is 0 Å². The standard InChI is InChI=1S/C18H21FN4O/c1-13-7-8-20-18(22-13)23-9-3-5-15(12-23)17(24)21-11-14-4-2-6-16(19)10-14/h2,4,6-8,10,15H,3,5,9,11-12H2,1H3,(H,21,24)/t15-/m1/s1. The summed E-state index contributed by atoms with van der Waals surface area (Å²) < 4.78 is 13.2. The van der Waals surface area contributed by atoms with Crippen molar-refractivity contribution >= 4 is 11.9 Å². The molecule has 0 bridgehead atoms. The highest BCUT2D eigenvalue weighted by Crippen LogP contribution is 2.20. The van der Waals surface area contributed by atoms with E-state index in [1.165, 1.54) is 12.1 Å². The summed E-state index contributed by atoms with van der Waals surface area (Å²) in [6.07, 6.45) is 3.51. The maximum atomic E-state index is 13.2. The molecule has 1 aromatic heterocycles. The van der Waals surface area contributed by atoms with E-state index in [4.69, 9.17) is 0 Å². The lowest BCUT2D eigenvalue weighted by atomic mass is 9.97. The second kappa shape index (κ2) is 7.38. The molecule has 0 saturated carbocycles. The van der Waals surface area contributed by atoms with E-state index >= 15 is 0 Å². The highest BCUT2D eigenvalue weighted by molar-refractivity contribution is 5.79. The maximum absolute atomic E-state index is 13.2. The largest absolute Gasteiger partial charge is 0.352 e. The van der Waals surface area contributed by atoms with Gasteiger partial charge in [-0.25, -0.2) is 14.4 Å². The Morgan fingerprint density at radius 2 is 2.29 bits per heavy atom. The highest BCUT2D eigenvalue weighted by Gasteiger charge is 2.27. The van der Waals surface area contributed by atoms with Gasteiger partial charge < -0.3 is 10.2 Å². The average Bonchev–Trinajstić information content (AvgIpc) is 2.60. The summed E-state index contributed by atoms with van der Waals surface area (Å²) in [4.78, 5) is 23.2. The van der Waals surface area contributed by atoms with Crippen LogP contribution in [0.15, 0.2) is 36.5 Å². The zero-order valence-corrected chi connectivity index (χ0v) is 13.7. The fourth-order valence-corrected chi connectivity index (χ4v) is 2.94. The molecule has 0 radical (unpaired) electrons. The van der Waals surface area contributed by atoms with Crippen molar-refractivity contribution in [2.75, 3.05) is 18.0 Å². The fourth-order valence-electron chi connectivity index (χ4n) is 2.94. The summed E-state index contributed by atoms with van der Waals surface area (Å²) in [5.41, 5.74) is 1.68. The number of anilines is 1. The number of benzene rings is 1. The monoisotopic (exact) mass is 328 g/mol. The van der Waals surface area contributed by atoms with Gasteiger partial charge in [-0.15, -0.1) is 0 Å². The third-order valence-electron chi connectivity index (χ3n) is 4.21. The molecular weight excluding hydrogens is 307 g/mol. The Balaban J connectivity index is 1.59. The van der Waals surface area contributed by atoms with Gasteiger partial charge in [0.1, 0.15) is 5.82 Å². The molecule has 1 aliphatic rings. The zero-order valence-electron chi connectivity index (χ0n) is 13.7. The highest BCUT2D eigenvalue weighted by atomic mass is 19.1. The molecule has 1 saturated heterocycles. The van der Waals surface area contributed by atoms with Gasteiger partial charge in [-0.05, 0) is 43.5 Å². The van der Waals surface area contributed by atoms with Gasteiger partial charge in [0.05, 0.1) is 5.92 Å². The average molecular weight is 328 g/mol. The predicted molar refractivity (Wildman–Crippen MR) is 90.0 cm³/mol. The van der Waals surface area contributed by atoms with Crippen LogP contribution in [0.3, 0.4) is 0 Å². The molecule has 3 rings (SSSR count). The first-order valence-corrected chi connectivity index (χ1v) is 8.18. The smallest absolute Gasteiger partial charge is 0.225 e. The first-order valence-electron chi connectivity index (χ1n) is 8.18. The minimum atomic E-state index is -0.290. The summed E-state index contributed by atoms with van der Waals surface area (Å²) >= 11 is 0. The SMILES string of the molecule is Cc1ccnc(N2CCC[C@@H](C(=O)NCc3cccc(F)c3)C2)n1. The second-order valence-corrected chi connectivity index (χ2v) is 6.13. The molecule has 1 aromatic carbocycles. The van der Waals surface area contributed by atoms with Crippen LogP contribution in [0.4, 0.5) is 10.3 Å². The van der Waals surface area contributed by atoms with Gasteiger partial charge in [-0.2, -0.15) is 0 Å². The van der Waals surface area contributed by atoms with E-state index in [9.17, 15) is 9.18 Å². The molecule has 1 amide bonds. The molecule has 6 heteroatoms. The first kappa shape index (κ1) is 16.4. The second-order valence-electron chi connectivity index (χ2n) is 6.13. The minimum absolute atomic E-state index is 0.00313. The molecule has 2 aromatic rings. The van der Waals surface area contributed by atoms with Crippen LogP contribution < -0.4 is 10.2 Å². The molecule has 0 unspecified atom stereocenters. The fraction of sp³-hybridized carbons (Fsp3) is 0.389. The Bertz CT molecular complexity index is 722. The van der Waals surface area contributed by atoms with Crippen LogP contribution >= 0.6 is 0 Å². The molecule has 2 heterocycles. The van der Waals surface area contributed by atoms with Crippen molar-refractivity contribution in [3.8, 4) is 0 Å². The number of aromatic nitrogens is 2. The van der Waals surface area contributed by atoms with E-state index in [0.717, 1.165) is 30.6 Å². The normalized spacial score (nSPS) is 17.6. The van der Waals surface area contributed by atoms with Crippen molar-refractivity contribution in [1.29, 1.82) is 0 Å². The van der Waals surface area contributed by atoms with Crippen molar-refractivity contribution in [3.05, 3.63) is 53.6 Å². The molecule has 0 aliphatic carbocycles.